The fourth-order valence-corrected chi connectivity index (χ4v) is 3.02. The van der Waals surface area contributed by atoms with Crippen LogP contribution in [-0.4, -0.2) is 71.1 Å². The number of amides is 3. The van der Waals surface area contributed by atoms with E-state index >= 15 is 0 Å². The zero-order chi connectivity index (χ0) is 18.2. The molecule has 0 bridgehead atoms. The molecule has 9 nitrogen and oxygen atoms in total. The largest absolute Gasteiger partial charge is 0.444 e. The Morgan fingerprint density at radius 1 is 1.36 bits per heavy atom. The first-order chi connectivity index (χ1) is 11.7. The van der Waals surface area contributed by atoms with Crippen molar-refractivity contribution in [2.24, 2.45) is 0 Å². The number of rotatable bonds is 1. The number of urea groups is 1. The molecule has 0 spiro atoms. The fraction of sp³-hybridized carbons (Fsp3) is 0.688. The van der Waals surface area contributed by atoms with Gasteiger partial charge in [-0.05, 0) is 27.7 Å². The molecular formula is C16H24N4O5. The Kier molecular flexibility index (Phi) is 4.59. The van der Waals surface area contributed by atoms with E-state index in [1.807, 2.05) is 20.8 Å². The molecule has 0 unspecified atom stereocenters. The van der Waals surface area contributed by atoms with Crippen LogP contribution in [0, 0.1) is 6.92 Å². The highest BCUT2D eigenvalue weighted by atomic mass is 16.6. The molecule has 0 aliphatic carbocycles. The van der Waals surface area contributed by atoms with E-state index < -0.39 is 11.7 Å². The number of anilines is 1. The molecule has 1 N–H and O–H groups in total. The van der Waals surface area contributed by atoms with Crippen molar-refractivity contribution in [3.63, 3.8) is 0 Å². The van der Waals surface area contributed by atoms with Crippen LogP contribution in [0.15, 0.2) is 10.6 Å². The summed E-state index contributed by atoms with van der Waals surface area (Å²) >= 11 is 0. The highest BCUT2D eigenvalue weighted by Gasteiger charge is 2.44. The van der Waals surface area contributed by atoms with Crippen molar-refractivity contribution in [2.75, 3.05) is 31.6 Å². The molecule has 2 aliphatic heterocycles. The number of aryl methyl sites for hydroxylation is 1. The van der Waals surface area contributed by atoms with Crippen molar-refractivity contribution in [2.45, 2.75) is 45.4 Å². The quantitative estimate of drug-likeness (QED) is 0.828. The van der Waals surface area contributed by atoms with Crippen molar-refractivity contribution in [1.29, 1.82) is 0 Å². The Labute approximate surface area is 146 Å². The van der Waals surface area contributed by atoms with Crippen molar-refractivity contribution < 1.29 is 23.6 Å². The number of hydrogen-bond acceptors (Lipinski definition) is 6. The van der Waals surface area contributed by atoms with Gasteiger partial charge >= 0.3 is 12.1 Å². The summed E-state index contributed by atoms with van der Waals surface area (Å²) < 4.78 is 16.1. The minimum atomic E-state index is -0.562. The average molecular weight is 352 g/mol. The first-order valence-corrected chi connectivity index (χ1v) is 8.33. The van der Waals surface area contributed by atoms with Crippen molar-refractivity contribution in [3.8, 4) is 0 Å². The lowest BCUT2D eigenvalue weighted by molar-refractivity contribution is -0.0286. The first kappa shape index (κ1) is 17.5. The Bertz CT molecular complexity index is 653. The average Bonchev–Trinajstić information content (AvgIpc) is 3.11. The predicted octanol–water partition coefficient (Wildman–Crippen LogP) is 1.84. The van der Waals surface area contributed by atoms with Crippen LogP contribution in [0.3, 0.4) is 0 Å². The molecular weight excluding hydrogens is 328 g/mol. The van der Waals surface area contributed by atoms with E-state index in [1.165, 1.54) is 0 Å². The number of nitrogens with zero attached hydrogens (tertiary/aromatic N) is 3. The van der Waals surface area contributed by atoms with Gasteiger partial charge in [0.15, 0.2) is 5.82 Å². The number of aromatic nitrogens is 1. The number of carbonyl (C=O) groups excluding carboxylic acids is 2. The van der Waals surface area contributed by atoms with Gasteiger partial charge in [-0.2, -0.15) is 0 Å². The molecule has 2 saturated heterocycles. The summed E-state index contributed by atoms with van der Waals surface area (Å²) in [5.74, 6) is 0.986. The third-order valence-electron chi connectivity index (χ3n) is 4.08. The van der Waals surface area contributed by atoms with Gasteiger partial charge in [0.25, 0.3) is 0 Å². The van der Waals surface area contributed by atoms with Gasteiger partial charge in [-0.1, -0.05) is 5.16 Å². The van der Waals surface area contributed by atoms with Gasteiger partial charge < -0.3 is 23.8 Å². The maximum atomic E-state index is 12.6. The number of hydrogen-bond donors (Lipinski definition) is 1. The summed E-state index contributed by atoms with van der Waals surface area (Å²) in [6.45, 7) is 8.89. The number of carbonyl (C=O) groups is 2. The van der Waals surface area contributed by atoms with Crippen LogP contribution in [0.2, 0.25) is 0 Å². The lowest BCUT2D eigenvalue weighted by atomic mass is 10.1. The number of fused-ring (bicyclic) bond motifs is 1. The monoisotopic (exact) mass is 352 g/mol. The summed E-state index contributed by atoms with van der Waals surface area (Å²) in [5.41, 5.74) is -0.562. The van der Waals surface area contributed by atoms with Crippen LogP contribution in [0.25, 0.3) is 0 Å². The highest BCUT2D eigenvalue weighted by Crippen LogP contribution is 2.25. The lowest BCUT2D eigenvalue weighted by Gasteiger charge is -2.36. The van der Waals surface area contributed by atoms with E-state index in [1.54, 1.807) is 22.8 Å². The lowest BCUT2D eigenvalue weighted by Crippen LogP contribution is -2.54. The summed E-state index contributed by atoms with van der Waals surface area (Å²) in [6, 6.07) is 1.16. The van der Waals surface area contributed by atoms with Crippen LogP contribution in [0.4, 0.5) is 15.4 Å². The minimum Gasteiger partial charge on any atom is -0.444 e. The second-order valence-corrected chi connectivity index (χ2v) is 7.31. The zero-order valence-electron chi connectivity index (χ0n) is 14.9. The van der Waals surface area contributed by atoms with Crippen LogP contribution in [0.5, 0.6) is 0 Å². The van der Waals surface area contributed by atoms with Gasteiger partial charge in [-0.3, -0.25) is 5.32 Å². The minimum absolute atomic E-state index is 0.214. The van der Waals surface area contributed by atoms with Crippen molar-refractivity contribution in [1.82, 2.24) is 15.0 Å². The Morgan fingerprint density at radius 2 is 2.12 bits per heavy atom. The maximum Gasteiger partial charge on any atom is 0.410 e. The fourth-order valence-electron chi connectivity index (χ4n) is 3.02. The molecule has 0 aromatic carbocycles. The summed E-state index contributed by atoms with van der Waals surface area (Å²) in [7, 11) is 0. The first-order valence-electron chi connectivity index (χ1n) is 8.33. The molecule has 2 aliphatic rings. The summed E-state index contributed by atoms with van der Waals surface area (Å²) in [6.07, 6.45) is -0.607. The van der Waals surface area contributed by atoms with Gasteiger partial charge in [-0.25, -0.2) is 9.59 Å². The van der Waals surface area contributed by atoms with Gasteiger partial charge in [0.2, 0.25) is 0 Å². The Balaban J connectivity index is 1.65. The number of ether oxygens (including phenoxy) is 2. The molecule has 138 valence electrons. The second kappa shape index (κ2) is 6.55. The molecule has 1 aromatic heterocycles. The molecule has 3 amide bonds. The Hall–Kier alpha value is -2.29. The van der Waals surface area contributed by atoms with E-state index in [0.717, 1.165) is 0 Å². The Morgan fingerprint density at radius 3 is 2.76 bits per heavy atom. The molecule has 25 heavy (non-hydrogen) atoms. The zero-order valence-corrected chi connectivity index (χ0v) is 14.9. The number of nitrogens with one attached hydrogen (secondary N) is 1. The SMILES string of the molecule is Cc1cc(NC(=O)N2CCO[C@H]3CN(C(=O)OC(C)(C)C)C[C@H]32)no1. The molecule has 0 radical (unpaired) electrons. The van der Waals surface area contributed by atoms with Crippen LogP contribution >= 0.6 is 0 Å². The number of likely N-dealkylation sites (tertiary alicyclic amines) is 1. The van der Waals surface area contributed by atoms with E-state index in [-0.39, 0.29) is 18.2 Å². The van der Waals surface area contributed by atoms with Crippen molar-refractivity contribution >= 4 is 17.9 Å². The molecule has 0 saturated carbocycles. The topological polar surface area (TPSA) is 97.1 Å². The van der Waals surface area contributed by atoms with E-state index in [0.29, 0.717) is 37.8 Å². The van der Waals surface area contributed by atoms with Crippen molar-refractivity contribution in [3.05, 3.63) is 11.8 Å². The summed E-state index contributed by atoms with van der Waals surface area (Å²) in [5, 5.41) is 6.49. The number of morpholine rings is 1. The van der Waals surface area contributed by atoms with Crippen LogP contribution in [0.1, 0.15) is 26.5 Å². The van der Waals surface area contributed by atoms with Gasteiger partial charge in [0.05, 0.1) is 25.3 Å². The molecule has 3 rings (SSSR count). The molecule has 3 heterocycles. The predicted molar refractivity (Wildman–Crippen MR) is 88.3 cm³/mol. The van der Waals surface area contributed by atoms with E-state index in [2.05, 4.69) is 10.5 Å². The van der Waals surface area contributed by atoms with Gasteiger partial charge in [-0.15, -0.1) is 0 Å². The molecule has 2 fully saturated rings. The third kappa shape index (κ3) is 4.04. The van der Waals surface area contributed by atoms with Gasteiger partial charge in [0.1, 0.15) is 11.4 Å². The second-order valence-electron chi connectivity index (χ2n) is 7.31. The molecule has 9 heteroatoms. The third-order valence-corrected chi connectivity index (χ3v) is 4.08. The summed E-state index contributed by atoms with van der Waals surface area (Å²) in [4.78, 5) is 28.1. The molecule has 1 aromatic rings. The van der Waals surface area contributed by atoms with E-state index in [4.69, 9.17) is 14.0 Å². The smallest absolute Gasteiger partial charge is 0.410 e. The van der Waals surface area contributed by atoms with Crippen LogP contribution < -0.4 is 5.32 Å². The van der Waals surface area contributed by atoms with E-state index in [9.17, 15) is 9.59 Å². The van der Waals surface area contributed by atoms with Gasteiger partial charge in [0, 0.05) is 19.2 Å². The maximum absolute atomic E-state index is 12.6. The highest BCUT2D eigenvalue weighted by molar-refractivity contribution is 5.88. The molecule has 2 atom stereocenters. The van der Waals surface area contributed by atoms with Crippen LogP contribution in [-0.2, 0) is 9.47 Å². The standard InChI is InChI=1S/C16H24N4O5/c1-10-7-13(18-25-10)17-14(21)20-5-6-23-12-9-19(8-11(12)20)15(22)24-16(2,3)4/h7,11-12H,5-6,8-9H2,1-4H3,(H,17,18,21)/t11-,12+/m1/s1. The normalized spacial score (nSPS) is 23.4.